The predicted octanol–water partition coefficient (Wildman–Crippen LogP) is 2.58. The van der Waals surface area contributed by atoms with Gasteiger partial charge in [0.05, 0.1) is 24.4 Å². The Bertz CT molecular complexity index is 1440. The van der Waals surface area contributed by atoms with Crippen LogP contribution in [-0.2, 0) is 0 Å². The molecule has 2 heterocycles. The number of aliphatic hydroxyl groups is 1. The van der Waals surface area contributed by atoms with Gasteiger partial charge in [0.25, 0.3) is 5.91 Å². The van der Waals surface area contributed by atoms with Crippen LogP contribution in [0.25, 0.3) is 33.4 Å². The highest BCUT2D eigenvalue weighted by molar-refractivity contribution is 6.04. The normalized spacial score (nSPS) is 19.7. The van der Waals surface area contributed by atoms with Gasteiger partial charge in [-0.15, -0.1) is 0 Å². The molecule has 0 atom stereocenters. The first kappa shape index (κ1) is 21.8. The number of fused-ring (bicyclic) bond motifs is 1. The van der Waals surface area contributed by atoms with Crippen LogP contribution in [0.15, 0.2) is 48.5 Å². The highest BCUT2D eigenvalue weighted by Gasteiger charge is 2.42. The molecule has 4 aromatic rings. The molecular weight excluding hydrogens is 439 g/mol. The SMILES string of the molecule is COc1cc(-c2ccccc2F)nc2cc(-c3nn([C@H]4C[C@@](N)(O)C4)c(N)c3C(N)=O)ccc12. The average Bonchev–Trinajstić information content (AvgIpc) is 3.13. The second kappa shape index (κ2) is 7.79. The van der Waals surface area contributed by atoms with Crippen LogP contribution in [-0.4, -0.2) is 38.6 Å². The van der Waals surface area contributed by atoms with Crippen molar-refractivity contribution in [3.05, 3.63) is 59.9 Å². The summed E-state index contributed by atoms with van der Waals surface area (Å²) in [6, 6.07) is 13.0. The van der Waals surface area contributed by atoms with E-state index in [4.69, 9.17) is 21.9 Å². The Morgan fingerprint density at radius 1 is 1.24 bits per heavy atom. The lowest BCUT2D eigenvalue weighted by Crippen LogP contribution is -2.52. The van der Waals surface area contributed by atoms with Gasteiger partial charge < -0.3 is 27.0 Å². The summed E-state index contributed by atoms with van der Waals surface area (Å²) in [4.78, 5) is 16.9. The smallest absolute Gasteiger partial charge is 0.254 e. The Labute approximate surface area is 193 Å². The molecule has 1 aliphatic carbocycles. The quantitative estimate of drug-likeness (QED) is 0.332. The molecule has 174 valence electrons. The van der Waals surface area contributed by atoms with Crippen LogP contribution >= 0.6 is 0 Å². The first-order chi connectivity index (χ1) is 16.2. The Balaban J connectivity index is 1.66. The molecule has 10 heteroatoms. The van der Waals surface area contributed by atoms with Gasteiger partial charge in [-0.3, -0.25) is 4.79 Å². The lowest BCUT2D eigenvalue weighted by Gasteiger charge is -2.40. The fourth-order valence-electron chi connectivity index (χ4n) is 4.42. The number of primary amides is 1. The molecule has 1 fully saturated rings. The summed E-state index contributed by atoms with van der Waals surface area (Å²) in [5, 5.41) is 15.1. The molecule has 5 rings (SSSR count). The molecule has 7 N–H and O–H groups in total. The molecule has 2 aromatic heterocycles. The average molecular weight is 462 g/mol. The second-order valence-corrected chi connectivity index (χ2v) is 8.50. The number of nitrogens with two attached hydrogens (primary N) is 3. The van der Waals surface area contributed by atoms with Crippen molar-refractivity contribution in [3.8, 4) is 28.3 Å². The van der Waals surface area contributed by atoms with Crippen molar-refractivity contribution in [2.75, 3.05) is 12.8 Å². The van der Waals surface area contributed by atoms with Gasteiger partial charge in [0.2, 0.25) is 0 Å². The van der Waals surface area contributed by atoms with E-state index in [1.807, 2.05) is 0 Å². The maximum absolute atomic E-state index is 14.4. The van der Waals surface area contributed by atoms with Crippen LogP contribution in [0, 0.1) is 5.82 Å². The van der Waals surface area contributed by atoms with E-state index in [0.29, 0.717) is 33.5 Å². The summed E-state index contributed by atoms with van der Waals surface area (Å²) in [6.45, 7) is 0. The number of rotatable bonds is 5. The number of amides is 1. The number of benzene rings is 2. The van der Waals surface area contributed by atoms with Gasteiger partial charge in [0.1, 0.15) is 34.4 Å². The summed E-state index contributed by atoms with van der Waals surface area (Å²) in [7, 11) is 1.53. The zero-order chi connectivity index (χ0) is 24.2. The third-order valence-electron chi connectivity index (χ3n) is 6.13. The van der Waals surface area contributed by atoms with Gasteiger partial charge in [0.15, 0.2) is 0 Å². The van der Waals surface area contributed by atoms with E-state index in [-0.39, 0.29) is 36.0 Å². The number of hydrogen-bond acceptors (Lipinski definition) is 7. The van der Waals surface area contributed by atoms with Crippen molar-refractivity contribution in [3.63, 3.8) is 0 Å². The summed E-state index contributed by atoms with van der Waals surface area (Å²) in [5.41, 5.74) is 18.4. The molecule has 9 nitrogen and oxygen atoms in total. The number of pyridine rings is 1. The number of anilines is 1. The number of hydrogen-bond donors (Lipinski definition) is 4. The zero-order valence-corrected chi connectivity index (χ0v) is 18.3. The van der Waals surface area contributed by atoms with E-state index in [1.54, 1.807) is 42.5 Å². The standard InChI is InChI=1S/C24H23FN6O3/c1-34-19-9-18(14-4-2-3-5-16(14)25)29-17-8-12(6-7-15(17)19)21-20(23(27)32)22(26)31(30-21)13-10-24(28,33)11-13/h2-9,13,33H,10-11,26,28H2,1H3,(H2,27,32)/t13-,24+. The number of carbonyl (C=O) groups excluding carboxylic acids is 1. The minimum Gasteiger partial charge on any atom is -0.496 e. The molecule has 1 saturated carbocycles. The Morgan fingerprint density at radius 3 is 2.62 bits per heavy atom. The first-order valence-electron chi connectivity index (χ1n) is 10.6. The first-order valence-corrected chi connectivity index (χ1v) is 10.6. The molecule has 2 aromatic carbocycles. The Kier molecular flexibility index (Phi) is 4.99. The Morgan fingerprint density at radius 2 is 1.97 bits per heavy atom. The molecule has 0 radical (unpaired) electrons. The van der Waals surface area contributed by atoms with Gasteiger partial charge in [-0.25, -0.2) is 14.1 Å². The van der Waals surface area contributed by atoms with Gasteiger partial charge in [-0.1, -0.05) is 18.2 Å². The number of aromatic nitrogens is 3. The predicted molar refractivity (Wildman–Crippen MR) is 125 cm³/mol. The highest BCUT2D eigenvalue weighted by atomic mass is 19.1. The molecule has 1 amide bonds. The number of nitrogen functional groups attached to an aromatic ring is 1. The number of carbonyl (C=O) groups is 1. The monoisotopic (exact) mass is 462 g/mol. The fourth-order valence-corrected chi connectivity index (χ4v) is 4.42. The van der Waals surface area contributed by atoms with Crippen LogP contribution in [0.4, 0.5) is 10.2 Å². The third kappa shape index (κ3) is 3.53. The zero-order valence-electron chi connectivity index (χ0n) is 18.3. The van der Waals surface area contributed by atoms with E-state index >= 15 is 0 Å². The summed E-state index contributed by atoms with van der Waals surface area (Å²) in [6.07, 6.45) is 0.498. The van der Waals surface area contributed by atoms with Crippen molar-refractivity contribution in [2.45, 2.75) is 24.6 Å². The van der Waals surface area contributed by atoms with Crippen molar-refractivity contribution < 1.29 is 19.0 Å². The van der Waals surface area contributed by atoms with Crippen molar-refractivity contribution in [2.24, 2.45) is 11.5 Å². The topological polar surface area (TPSA) is 155 Å². The van der Waals surface area contributed by atoms with E-state index < -0.39 is 17.4 Å². The highest BCUT2D eigenvalue weighted by Crippen LogP contribution is 2.41. The molecule has 0 aliphatic heterocycles. The van der Waals surface area contributed by atoms with Crippen molar-refractivity contribution in [1.82, 2.24) is 14.8 Å². The van der Waals surface area contributed by atoms with E-state index in [9.17, 15) is 14.3 Å². The minimum absolute atomic E-state index is 0.0732. The van der Waals surface area contributed by atoms with Crippen molar-refractivity contribution >= 4 is 22.6 Å². The molecule has 1 aliphatic rings. The third-order valence-corrected chi connectivity index (χ3v) is 6.13. The molecule has 0 saturated heterocycles. The minimum atomic E-state index is -1.29. The van der Waals surface area contributed by atoms with E-state index in [2.05, 4.69) is 10.1 Å². The summed E-state index contributed by atoms with van der Waals surface area (Å²) >= 11 is 0. The van der Waals surface area contributed by atoms with Crippen LogP contribution < -0.4 is 21.9 Å². The second-order valence-electron chi connectivity index (χ2n) is 8.50. The maximum atomic E-state index is 14.4. The van der Waals surface area contributed by atoms with Gasteiger partial charge in [-0.05, 0) is 24.3 Å². The number of ether oxygens (including phenoxy) is 1. The lowest BCUT2D eigenvalue weighted by atomic mass is 9.83. The number of methoxy groups -OCH3 is 1. The Hall–Kier alpha value is -4.02. The molecule has 34 heavy (non-hydrogen) atoms. The fraction of sp³-hybridized carbons (Fsp3) is 0.208. The van der Waals surface area contributed by atoms with Crippen LogP contribution in [0.1, 0.15) is 29.2 Å². The largest absolute Gasteiger partial charge is 0.496 e. The lowest BCUT2D eigenvalue weighted by molar-refractivity contribution is -0.0643. The summed E-state index contributed by atoms with van der Waals surface area (Å²) < 4.78 is 21.4. The maximum Gasteiger partial charge on any atom is 0.254 e. The van der Waals surface area contributed by atoms with Gasteiger partial charge >= 0.3 is 0 Å². The molecule has 0 spiro atoms. The molecular formula is C24H23FN6O3. The summed E-state index contributed by atoms with van der Waals surface area (Å²) in [5.74, 6) is -0.511. The van der Waals surface area contributed by atoms with Gasteiger partial charge in [0, 0.05) is 35.4 Å². The van der Waals surface area contributed by atoms with E-state index in [0.717, 1.165) is 0 Å². The number of nitrogens with zero attached hydrogens (tertiary/aromatic N) is 3. The van der Waals surface area contributed by atoms with Crippen molar-refractivity contribution in [1.29, 1.82) is 0 Å². The number of halogens is 1. The molecule has 0 bridgehead atoms. The van der Waals surface area contributed by atoms with E-state index in [1.165, 1.54) is 17.9 Å². The van der Waals surface area contributed by atoms with Crippen LogP contribution in [0.5, 0.6) is 5.75 Å². The van der Waals surface area contributed by atoms with Crippen LogP contribution in [0.3, 0.4) is 0 Å². The van der Waals surface area contributed by atoms with Gasteiger partial charge in [-0.2, -0.15) is 5.10 Å². The molecule has 0 unspecified atom stereocenters. The van der Waals surface area contributed by atoms with Crippen LogP contribution in [0.2, 0.25) is 0 Å².